The van der Waals surface area contributed by atoms with Crippen LogP contribution in [-0.2, 0) is 9.59 Å². The standard InChI is InChI=1S/C28H23Cl3N2O4/c29-12-11-22(25(34)14-5-7-15(30)8-6-14)32(26(35)18-3-1-2-4-21(18)31)33-27(36)23-16-9-10-17(20-13-19(16)20)24(23)28(33)37/h1-10,16-17,19-20,22-24H,11-13H2/t16-,17-,19-,20+,22-,23+,24+/m0/s1. The van der Waals surface area contributed by atoms with Crippen molar-refractivity contribution in [1.82, 2.24) is 10.0 Å². The van der Waals surface area contributed by atoms with Crippen LogP contribution in [0.3, 0.4) is 0 Å². The van der Waals surface area contributed by atoms with Crippen molar-refractivity contribution in [2.75, 3.05) is 5.88 Å². The minimum absolute atomic E-state index is 0.0241. The number of benzene rings is 2. The van der Waals surface area contributed by atoms with Crippen LogP contribution in [0.25, 0.3) is 0 Å². The second-order valence-electron chi connectivity index (χ2n) is 10.1. The van der Waals surface area contributed by atoms with Crippen LogP contribution in [0, 0.1) is 35.5 Å². The number of rotatable bonds is 7. The summed E-state index contributed by atoms with van der Waals surface area (Å²) in [6.07, 6.45) is 5.16. The lowest BCUT2D eigenvalue weighted by Crippen LogP contribution is -2.57. The fourth-order valence-electron chi connectivity index (χ4n) is 6.56. The van der Waals surface area contributed by atoms with Crippen molar-refractivity contribution in [1.29, 1.82) is 0 Å². The van der Waals surface area contributed by atoms with Gasteiger partial charge < -0.3 is 0 Å². The molecule has 3 amide bonds. The molecule has 1 saturated heterocycles. The van der Waals surface area contributed by atoms with Gasteiger partial charge in [0.2, 0.25) is 0 Å². The Kier molecular flexibility index (Phi) is 6.17. The molecule has 9 heteroatoms. The van der Waals surface area contributed by atoms with Crippen LogP contribution in [0.15, 0.2) is 60.7 Å². The topological polar surface area (TPSA) is 74.8 Å². The molecule has 1 heterocycles. The largest absolute Gasteiger partial charge is 0.292 e. The highest BCUT2D eigenvalue weighted by Gasteiger charge is 2.68. The summed E-state index contributed by atoms with van der Waals surface area (Å²) in [4.78, 5) is 55.8. The van der Waals surface area contributed by atoms with E-state index >= 15 is 0 Å². The highest BCUT2D eigenvalue weighted by molar-refractivity contribution is 6.34. The zero-order valence-electron chi connectivity index (χ0n) is 19.6. The average Bonchev–Trinajstić information content (AvgIpc) is 3.68. The zero-order valence-corrected chi connectivity index (χ0v) is 21.9. The number of carbonyl (C=O) groups excluding carboxylic acids is 4. The number of alkyl halides is 1. The first-order valence-electron chi connectivity index (χ1n) is 12.3. The van der Waals surface area contributed by atoms with Gasteiger partial charge in [-0.1, -0.05) is 47.5 Å². The Morgan fingerprint density at radius 2 is 1.51 bits per heavy atom. The number of carbonyl (C=O) groups is 4. The number of nitrogens with zero attached hydrogens (tertiary/aromatic N) is 2. The molecule has 0 radical (unpaired) electrons. The summed E-state index contributed by atoms with van der Waals surface area (Å²) in [7, 11) is 0. The Morgan fingerprint density at radius 3 is 2.08 bits per heavy atom. The van der Waals surface area contributed by atoms with Gasteiger partial charge in [-0.05, 0) is 72.9 Å². The average molecular weight is 558 g/mol. The fourth-order valence-corrected chi connectivity index (χ4v) is 7.11. The summed E-state index contributed by atoms with van der Waals surface area (Å²) in [6, 6.07) is 11.4. The number of Topliss-reactive ketones (excluding diaryl/α,β-unsaturated/α-hetero) is 1. The molecule has 2 aromatic carbocycles. The summed E-state index contributed by atoms with van der Waals surface area (Å²) in [5.74, 6) is -2.33. The van der Waals surface area contributed by atoms with E-state index in [4.69, 9.17) is 34.8 Å². The van der Waals surface area contributed by atoms with Crippen molar-refractivity contribution in [3.8, 4) is 0 Å². The Hall–Kier alpha value is -2.67. The normalized spacial score (nSPS) is 29.6. The van der Waals surface area contributed by atoms with E-state index in [9.17, 15) is 19.2 Å². The van der Waals surface area contributed by atoms with Crippen molar-refractivity contribution >= 4 is 58.3 Å². The van der Waals surface area contributed by atoms with Gasteiger partial charge in [0, 0.05) is 16.5 Å². The van der Waals surface area contributed by atoms with Gasteiger partial charge in [-0.2, -0.15) is 5.01 Å². The third-order valence-corrected chi connectivity index (χ3v) is 9.08. The highest BCUT2D eigenvalue weighted by Crippen LogP contribution is 2.65. The quantitative estimate of drug-likeness (QED) is 0.201. The number of ketones is 1. The summed E-state index contributed by atoms with van der Waals surface area (Å²) < 4.78 is 0. The van der Waals surface area contributed by atoms with E-state index in [-0.39, 0.29) is 40.3 Å². The first-order chi connectivity index (χ1) is 17.8. The highest BCUT2D eigenvalue weighted by atomic mass is 35.5. The Bertz CT molecular complexity index is 1310. The van der Waals surface area contributed by atoms with Crippen LogP contribution in [0.2, 0.25) is 10.0 Å². The number of imide groups is 1. The molecule has 7 atom stereocenters. The molecular formula is C28H23Cl3N2O4. The van der Waals surface area contributed by atoms with Gasteiger partial charge in [0.05, 0.1) is 22.4 Å². The number of hydrogen-bond donors (Lipinski definition) is 0. The SMILES string of the molecule is O=C(c1ccc(Cl)cc1)[C@H](CCCl)N(C(=O)c1ccccc1Cl)N1C(=O)[C@@H]2[C@H]3C=C[C@@H]([C@@H]4C[C@H]34)[C@H]2C1=O. The second-order valence-corrected chi connectivity index (χ2v) is 11.4. The van der Waals surface area contributed by atoms with Crippen molar-refractivity contribution in [2.45, 2.75) is 18.9 Å². The smallest absolute Gasteiger partial charge is 0.275 e. The molecule has 2 bridgehead atoms. The molecule has 6 nitrogen and oxygen atoms in total. The Labute approximate surface area is 229 Å². The van der Waals surface area contributed by atoms with Crippen molar-refractivity contribution in [3.63, 3.8) is 0 Å². The van der Waals surface area contributed by atoms with Gasteiger partial charge in [-0.15, -0.1) is 11.6 Å². The first kappa shape index (κ1) is 24.7. The van der Waals surface area contributed by atoms with Crippen molar-refractivity contribution in [2.24, 2.45) is 35.5 Å². The molecule has 1 aliphatic heterocycles. The molecular weight excluding hydrogens is 535 g/mol. The predicted octanol–water partition coefficient (Wildman–Crippen LogP) is 5.28. The minimum Gasteiger partial charge on any atom is -0.292 e. The number of allylic oxidation sites excluding steroid dienone is 2. The maximum Gasteiger partial charge on any atom is 0.275 e. The number of hydrogen-bond acceptors (Lipinski definition) is 4. The molecule has 2 saturated carbocycles. The lowest BCUT2D eigenvalue weighted by atomic mass is 9.63. The van der Waals surface area contributed by atoms with Crippen molar-refractivity contribution in [3.05, 3.63) is 81.9 Å². The molecule has 190 valence electrons. The van der Waals surface area contributed by atoms with E-state index in [1.807, 2.05) is 0 Å². The summed E-state index contributed by atoms with van der Waals surface area (Å²) in [5, 5.41) is 2.56. The van der Waals surface area contributed by atoms with Gasteiger partial charge in [-0.25, -0.2) is 5.01 Å². The molecule has 3 fully saturated rings. The first-order valence-corrected chi connectivity index (χ1v) is 13.6. The van der Waals surface area contributed by atoms with Gasteiger partial charge in [0.15, 0.2) is 5.78 Å². The van der Waals surface area contributed by atoms with Gasteiger partial charge >= 0.3 is 0 Å². The van der Waals surface area contributed by atoms with E-state index in [0.29, 0.717) is 16.9 Å². The molecule has 0 aromatic heterocycles. The van der Waals surface area contributed by atoms with E-state index < -0.39 is 41.4 Å². The molecule has 0 unspecified atom stereocenters. The van der Waals surface area contributed by atoms with E-state index in [1.165, 1.54) is 6.07 Å². The summed E-state index contributed by atoms with van der Waals surface area (Å²) in [5.41, 5.74) is 0.378. The third-order valence-electron chi connectivity index (χ3n) is 8.28. The molecule has 2 aromatic rings. The molecule has 7 rings (SSSR count). The fraction of sp³-hybridized carbons (Fsp3) is 0.357. The van der Waals surface area contributed by atoms with Crippen LogP contribution < -0.4 is 0 Å². The minimum atomic E-state index is -1.20. The maximum atomic E-state index is 14.1. The van der Waals surface area contributed by atoms with Crippen molar-refractivity contribution < 1.29 is 19.2 Å². The monoisotopic (exact) mass is 556 g/mol. The van der Waals surface area contributed by atoms with E-state index in [2.05, 4.69) is 12.2 Å². The van der Waals surface area contributed by atoms with E-state index in [0.717, 1.165) is 16.4 Å². The third kappa shape index (κ3) is 3.84. The van der Waals surface area contributed by atoms with Crippen LogP contribution >= 0.6 is 34.8 Å². The van der Waals surface area contributed by atoms with Crippen LogP contribution in [0.5, 0.6) is 0 Å². The number of halogens is 3. The molecule has 0 spiro atoms. The lowest BCUT2D eigenvalue weighted by Gasteiger charge is -2.37. The van der Waals surface area contributed by atoms with E-state index in [1.54, 1.807) is 42.5 Å². The molecule has 5 aliphatic rings. The second kappa shape index (κ2) is 9.26. The van der Waals surface area contributed by atoms with Gasteiger partial charge in [-0.3, -0.25) is 19.2 Å². The predicted molar refractivity (Wildman–Crippen MR) is 139 cm³/mol. The Balaban J connectivity index is 1.45. The zero-order chi connectivity index (χ0) is 26.0. The summed E-state index contributed by atoms with van der Waals surface area (Å²) in [6.45, 7) is 0. The van der Waals surface area contributed by atoms with Crippen LogP contribution in [0.4, 0.5) is 0 Å². The van der Waals surface area contributed by atoms with Gasteiger partial charge in [0.1, 0.15) is 6.04 Å². The van der Waals surface area contributed by atoms with Crippen LogP contribution in [0.1, 0.15) is 33.6 Å². The van der Waals surface area contributed by atoms with Gasteiger partial charge in [0.25, 0.3) is 17.7 Å². The summed E-state index contributed by atoms with van der Waals surface area (Å²) >= 11 is 18.5. The lowest BCUT2D eigenvalue weighted by molar-refractivity contribution is -0.157. The molecule has 0 N–H and O–H groups in total. The van der Waals surface area contributed by atoms with Crippen LogP contribution in [-0.4, -0.2) is 45.4 Å². The number of hydrazine groups is 1. The molecule has 4 aliphatic carbocycles. The Morgan fingerprint density at radius 1 is 0.919 bits per heavy atom. The maximum absolute atomic E-state index is 14.1. The molecule has 37 heavy (non-hydrogen) atoms. The number of amides is 3.